The lowest BCUT2D eigenvalue weighted by Crippen LogP contribution is -2.18. The molecule has 4 heteroatoms. The van der Waals surface area contributed by atoms with Crippen molar-refractivity contribution in [2.24, 2.45) is 5.73 Å². The minimum absolute atomic E-state index is 0.133. The van der Waals surface area contributed by atoms with Crippen LogP contribution in [0.15, 0.2) is 28.7 Å². The first-order chi connectivity index (χ1) is 7.09. The average Bonchev–Trinajstić information content (AvgIpc) is 2.18. The fraction of sp³-hybridized carbons (Fsp3) is 0.455. The normalized spacial score (nSPS) is 14.9. The average molecular weight is 290 g/mol. The maximum Gasteiger partial charge on any atom is 0.0496 e. The van der Waals surface area contributed by atoms with E-state index in [0.717, 1.165) is 16.5 Å². The smallest absolute Gasteiger partial charge is 0.0496 e. The van der Waals surface area contributed by atoms with E-state index in [1.165, 1.54) is 0 Å². The predicted molar refractivity (Wildman–Crippen MR) is 69.1 cm³/mol. The van der Waals surface area contributed by atoms with E-state index in [9.17, 15) is 4.21 Å². The van der Waals surface area contributed by atoms with Crippen LogP contribution in [-0.2, 0) is 16.6 Å². The summed E-state index contributed by atoms with van der Waals surface area (Å²) in [7, 11) is -0.812. The lowest BCUT2D eigenvalue weighted by atomic mass is 10.2. The second-order valence-electron chi connectivity index (χ2n) is 3.65. The molecule has 1 aromatic rings. The lowest BCUT2D eigenvalue weighted by Gasteiger charge is -2.06. The molecular formula is C11H16BrNOS. The lowest BCUT2D eigenvalue weighted by molar-refractivity contribution is 0.667. The molecule has 0 aliphatic heterocycles. The molecule has 0 saturated carbocycles. The van der Waals surface area contributed by atoms with E-state index in [1.54, 1.807) is 0 Å². The van der Waals surface area contributed by atoms with Crippen molar-refractivity contribution in [1.29, 1.82) is 0 Å². The van der Waals surface area contributed by atoms with Crippen LogP contribution >= 0.6 is 15.9 Å². The van der Waals surface area contributed by atoms with E-state index in [1.807, 2.05) is 31.2 Å². The van der Waals surface area contributed by atoms with Gasteiger partial charge in [0.2, 0.25) is 0 Å². The van der Waals surface area contributed by atoms with Gasteiger partial charge in [-0.2, -0.15) is 0 Å². The van der Waals surface area contributed by atoms with Crippen LogP contribution < -0.4 is 5.73 Å². The van der Waals surface area contributed by atoms with E-state index in [0.29, 0.717) is 11.5 Å². The van der Waals surface area contributed by atoms with Crippen LogP contribution in [0.2, 0.25) is 0 Å². The molecule has 2 unspecified atom stereocenters. The Morgan fingerprint density at radius 3 is 2.73 bits per heavy atom. The number of nitrogens with two attached hydrogens (primary N) is 1. The summed E-state index contributed by atoms with van der Waals surface area (Å²) in [6, 6.07) is 8.01. The molecule has 0 radical (unpaired) electrons. The first kappa shape index (κ1) is 12.9. The molecule has 84 valence electrons. The molecule has 0 spiro atoms. The summed E-state index contributed by atoms with van der Waals surface area (Å²) < 4.78 is 12.7. The van der Waals surface area contributed by atoms with Crippen LogP contribution in [-0.4, -0.2) is 16.0 Å². The van der Waals surface area contributed by atoms with Crippen molar-refractivity contribution >= 4 is 26.7 Å². The van der Waals surface area contributed by atoms with Crippen molar-refractivity contribution in [2.75, 3.05) is 5.75 Å². The molecule has 0 aliphatic carbocycles. The zero-order chi connectivity index (χ0) is 11.3. The third-order valence-electron chi connectivity index (χ3n) is 2.08. The first-order valence-electron chi connectivity index (χ1n) is 4.93. The molecule has 2 nitrogen and oxygen atoms in total. The van der Waals surface area contributed by atoms with Gasteiger partial charge in [-0.15, -0.1) is 0 Å². The van der Waals surface area contributed by atoms with Gasteiger partial charge >= 0.3 is 0 Å². The monoisotopic (exact) mass is 289 g/mol. The Morgan fingerprint density at radius 2 is 2.13 bits per heavy atom. The number of hydrogen-bond acceptors (Lipinski definition) is 2. The van der Waals surface area contributed by atoms with E-state index < -0.39 is 10.8 Å². The zero-order valence-electron chi connectivity index (χ0n) is 8.78. The highest BCUT2D eigenvalue weighted by Crippen LogP contribution is 2.17. The van der Waals surface area contributed by atoms with Crippen molar-refractivity contribution < 1.29 is 4.21 Å². The summed E-state index contributed by atoms with van der Waals surface area (Å²) in [5.41, 5.74) is 6.72. The van der Waals surface area contributed by atoms with E-state index >= 15 is 0 Å². The summed E-state index contributed by atoms with van der Waals surface area (Å²) in [6.45, 7) is 1.94. The maximum absolute atomic E-state index is 11.7. The molecule has 0 saturated heterocycles. The summed E-state index contributed by atoms with van der Waals surface area (Å²) >= 11 is 3.45. The fourth-order valence-electron chi connectivity index (χ4n) is 1.18. The van der Waals surface area contributed by atoms with Crippen LogP contribution in [0.3, 0.4) is 0 Å². The van der Waals surface area contributed by atoms with Gasteiger partial charge in [0, 0.05) is 32.8 Å². The minimum Gasteiger partial charge on any atom is -0.328 e. The number of hydrogen-bond donors (Lipinski definition) is 1. The van der Waals surface area contributed by atoms with Crippen LogP contribution in [0.25, 0.3) is 0 Å². The van der Waals surface area contributed by atoms with Gasteiger partial charge < -0.3 is 5.73 Å². The maximum atomic E-state index is 11.7. The second-order valence-corrected chi connectivity index (χ2v) is 6.08. The van der Waals surface area contributed by atoms with Gasteiger partial charge in [-0.25, -0.2) is 0 Å². The highest BCUT2D eigenvalue weighted by atomic mass is 79.9. The SMILES string of the molecule is CC(N)CCS(=O)Cc1ccccc1Br. The van der Waals surface area contributed by atoms with Crippen LogP contribution in [0.4, 0.5) is 0 Å². The Labute approximate surface area is 102 Å². The quantitative estimate of drug-likeness (QED) is 0.905. The highest BCUT2D eigenvalue weighted by molar-refractivity contribution is 9.10. The van der Waals surface area contributed by atoms with Gasteiger partial charge in [0.05, 0.1) is 0 Å². The van der Waals surface area contributed by atoms with Gasteiger partial charge in [0.1, 0.15) is 0 Å². The molecule has 2 atom stereocenters. The molecule has 0 bridgehead atoms. The van der Waals surface area contributed by atoms with E-state index in [-0.39, 0.29) is 6.04 Å². The van der Waals surface area contributed by atoms with Gasteiger partial charge in [-0.3, -0.25) is 4.21 Å². The Bertz CT molecular complexity index is 341. The summed E-state index contributed by atoms with van der Waals surface area (Å²) in [4.78, 5) is 0. The highest BCUT2D eigenvalue weighted by Gasteiger charge is 2.05. The number of benzene rings is 1. The molecule has 0 aromatic heterocycles. The summed E-state index contributed by atoms with van der Waals surface area (Å²) in [5.74, 6) is 1.28. The Hall–Kier alpha value is -0.190. The Balaban J connectivity index is 2.48. The van der Waals surface area contributed by atoms with Gasteiger partial charge in [0.25, 0.3) is 0 Å². The molecule has 1 rings (SSSR count). The van der Waals surface area contributed by atoms with Crippen molar-refractivity contribution in [3.8, 4) is 0 Å². The zero-order valence-corrected chi connectivity index (χ0v) is 11.2. The molecule has 1 aromatic carbocycles. The predicted octanol–water partition coefficient (Wildman–Crippen LogP) is 2.44. The third kappa shape index (κ3) is 4.91. The van der Waals surface area contributed by atoms with Crippen LogP contribution in [0.1, 0.15) is 18.9 Å². The molecule has 0 heterocycles. The number of rotatable bonds is 5. The molecule has 0 aliphatic rings. The van der Waals surface area contributed by atoms with E-state index in [4.69, 9.17) is 5.73 Å². The second kappa shape index (κ2) is 6.40. The van der Waals surface area contributed by atoms with Crippen LogP contribution in [0, 0.1) is 0 Å². The van der Waals surface area contributed by atoms with E-state index in [2.05, 4.69) is 15.9 Å². The Kier molecular flexibility index (Phi) is 5.50. The van der Waals surface area contributed by atoms with Gasteiger partial charge in [0.15, 0.2) is 0 Å². The summed E-state index contributed by atoms with van der Waals surface area (Å²) in [6.07, 6.45) is 0.817. The van der Waals surface area contributed by atoms with Crippen molar-refractivity contribution in [3.63, 3.8) is 0 Å². The molecular weight excluding hydrogens is 274 g/mol. The largest absolute Gasteiger partial charge is 0.328 e. The summed E-state index contributed by atoms with van der Waals surface area (Å²) in [5, 5.41) is 0. The van der Waals surface area contributed by atoms with Crippen molar-refractivity contribution in [1.82, 2.24) is 0 Å². The molecule has 0 amide bonds. The van der Waals surface area contributed by atoms with Crippen LogP contribution in [0.5, 0.6) is 0 Å². The number of halogens is 1. The minimum atomic E-state index is -0.812. The molecule has 2 N–H and O–H groups in total. The first-order valence-corrected chi connectivity index (χ1v) is 7.21. The third-order valence-corrected chi connectivity index (χ3v) is 4.17. The van der Waals surface area contributed by atoms with Gasteiger partial charge in [-0.1, -0.05) is 34.1 Å². The standard InChI is InChI=1S/C11H16BrNOS/c1-9(13)6-7-15(14)8-10-4-2-3-5-11(10)12/h2-5,9H,6-8,13H2,1H3. The van der Waals surface area contributed by atoms with Crippen molar-refractivity contribution in [2.45, 2.75) is 25.1 Å². The Morgan fingerprint density at radius 1 is 1.47 bits per heavy atom. The molecule has 0 fully saturated rings. The topological polar surface area (TPSA) is 43.1 Å². The fourth-order valence-corrected chi connectivity index (χ4v) is 3.17. The van der Waals surface area contributed by atoms with Crippen molar-refractivity contribution in [3.05, 3.63) is 34.3 Å². The van der Waals surface area contributed by atoms with Gasteiger partial charge in [-0.05, 0) is 25.0 Å². The molecule has 15 heavy (non-hydrogen) atoms.